The molecule has 2 rings (SSSR count). The molecule has 2 nitrogen and oxygen atoms in total. The molecule has 2 N–H and O–H groups in total. The summed E-state index contributed by atoms with van der Waals surface area (Å²) >= 11 is 0. The van der Waals surface area contributed by atoms with E-state index in [1.807, 2.05) is 0 Å². The van der Waals surface area contributed by atoms with Crippen molar-refractivity contribution in [2.45, 2.75) is 12.4 Å². The number of ether oxygens (including phenoxy) is 1. The average Bonchev–Trinajstić information content (AvgIpc) is 2.49. The minimum absolute atomic E-state index is 0.213. The Kier molecular flexibility index (Phi) is 4.73. The summed E-state index contributed by atoms with van der Waals surface area (Å²) in [6.45, 7) is 0. The highest BCUT2D eigenvalue weighted by Crippen LogP contribution is 2.44. The maximum absolute atomic E-state index is 13.8. The van der Waals surface area contributed by atoms with Crippen molar-refractivity contribution in [3.8, 4) is 11.5 Å². The molecule has 0 aromatic heterocycles. The number of benzene rings is 2. The predicted molar refractivity (Wildman–Crippen MR) is 67.2 cm³/mol. The molecule has 0 atom stereocenters. The van der Waals surface area contributed by atoms with Crippen molar-refractivity contribution in [3.63, 3.8) is 0 Å². The molecule has 12 heteroatoms. The third-order valence-corrected chi connectivity index (χ3v) is 3.03. The van der Waals surface area contributed by atoms with Gasteiger partial charge >= 0.3 is 12.4 Å². The first-order valence-electron chi connectivity index (χ1n) is 6.32. The molecule has 0 saturated carbocycles. The number of anilines is 1. The molecule has 2 aromatic carbocycles. The first-order valence-corrected chi connectivity index (χ1v) is 6.32. The van der Waals surface area contributed by atoms with Gasteiger partial charge in [-0.15, -0.1) is 0 Å². The SMILES string of the molecule is Nc1cc(Oc2c(F)cc(C(F)(F)F)cc2C(F)(F)F)c(F)c(F)c1F. The summed E-state index contributed by atoms with van der Waals surface area (Å²) in [7, 11) is 0. The van der Waals surface area contributed by atoms with E-state index in [-0.39, 0.29) is 12.1 Å². The van der Waals surface area contributed by atoms with E-state index in [0.29, 0.717) is 0 Å². The van der Waals surface area contributed by atoms with Crippen molar-refractivity contribution in [1.29, 1.82) is 0 Å². The van der Waals surface area contributed by atoms with Gasteiger partial charge in [0.1, 0.15) is 5.56 Å². The number of nitrogens with two attached hydrogens (primary N) is 1. The van der Waals surface area contributed by atoms with Crippen LogP contribution in [-0.2, 0) is 12.4 Å². The van der Waals surface area contributed by atoms with Gasteiger partial charge in [0.2, 0.25) is 5.82 Å². The Morgan fingerprint density at radius 3 is 1.81 bits per heavy atom. The number of halogens is 10. The van der Waals surface area contributed by atoms with Crippen LogP contribution in [-0.4, -0.2) is 0 Å². The molecule has 0 heterocycles. The molecule has 0 aliphatic rings. The van der Waals surface area contributed by atoms with Gasteiger partial charge in [-0.1, -0.05) is 0 Å². The van der Waals surface area contributed by atoms with Gasteiger partial charge in [0.25, 0.3) is 0 Å². The largest absolute Gasteiger partial charge is 0.450 e. The second-order valence-electron chi connectivity index (χ2n) is 4.84. The van der Waals surface area contributed by atoms with E-state index >= 15 is 0 Å². The monoisotopic (exact) mass is 393 g/mol. The highest BCUT2D eigenvalue weighted by Gasteiger charge is 2.41. The summed E-state index contributed by atoms with van der Waals surface area (Å²) in [6, 6.07) is -0.587. The van der Waals surface area contributed by atoms with Crippen LogP contribution in [0.5, 0.6) is 11.5 Å². The number of alkyl halides is 6. The van der Waals surface area contributed by atoms with Crippen LogP contribution in [0.15, 0.2) is 18.2 Å². The van der Waals surface area contributed by atoms with Gasteiger partial charge in [-0.2, -0.15) is 30.7 Å². The number of rotatable bonds is 2. The maximum atomic E-state index is 13.8. The van der Waals surface area contributed by atoms with E-state index in [1.54, 1.807) is 0 Å². The molecule has 2 aromatic rings. The van der Waals surface area contributed by atoms with Gasteiger partial charge in [0, 0.05) is 6.07 Å². The summed E-state index contributed by atoms with van der Waals surface area (Å²) in [4.78, 5) is 0. The number of hydrogen-bond acceptors (Lipinski definition) is 2. The molecular formula is C14H5F10NO. The minimum Gasteiger partial charge on any atom is -0.450 e. The lowest BCUT2D eigenvalue weighted by atomic mass is 10.1. The topological polar surface area (TPSA) is 35.2 Å². The summed E-state index contributed by atoms with van der Waals surface area (Å²) < 4.78 is 135. The van der Waals surface area contributed by atoms with E-state index in [9.17, 15) is 43.9 Å². The zero-order valence-corrected chi connectivity index (χ0v) is 12.0. The Morgan fingerprint density at radius 2 is 1.31 bits per heavy atom. The molecule has 0 spiro atoms. The van der Waals surface area contributed by atoms with Gasteiger partial charge in [0.05, 0.1) is 11.3 Å². The van der Waals surface area contributed by atoms with Crippen LogP contribution in [0.25, 0.3) is 0 Å². The molecule has 0 radical (unpaired) electrons. The molecule has 0 saturated heterocycles. The zero-order valence-electron chi connectivity index (χ0n) is 12.0. The second-order valence-corrected chi connectivity index (χ2v) is 4.84. The van der Waals surface area contributed by atoms with Crippen molar-refractivity contribution >= 4 is 5.69 Å². The van der Waals surface area contributed by atoms with E-state index in [2.05, 4.69) is 4.74 Å². The van der Waals surface area contributed by atoms with Crippen LogP contribution in [0.3, 0.4) is 0 Å². The Labute approximate surface area is 137 Å². The van der Waals surface area contributed by atoms with Crippen molar-refractivity contribution in [2.24, 2.45) is 0 Å². The smallest absolute Gasteiger partial charge is 0.420 e. The highest BCUT2D eigenvalue weighted by atomic mass is 19.4. The van der Waals surface area contributed by atoms with Crippen molar-refractivity contribution < 1.29 is 48.6 Å². The van der Waals surface area contributed by atoms with Gasteiger partial charge in [-0.05, 0) is 12.1 Å². The van der Waals surface area contributed by atoms with E-state index in [1.165, 1.54) is 0 Å². The highest BCUT2D eigenvalue weighted by molar-refractivity contribution is 5.50. The van der Waals surface area contributed by atoms with Gasteiger partial charge < -0.3 is 10.5 Å². The Bertz CT molecular complexity index is 857. The molecule has 0 aliphatic carbocycles. The molecular weight excluding hydrogens is 388 g/mol. The summed E-state index contributed by atoms with van der Waals surface area (Å²) in [5.74, 6) is -11.7. The number of hydrogen-bond donors (Lipinski definition) is 1. The molecule has 0 fully saturated rings. The standard InChI is InChI=1S/C14H5F10NO/c15-6-2-4(13(19,20)21)1-5(14(22,23)24)12(6)26-8-3-7(25)9(16)11(18)10(8)17/h1-3H,25H2. The summed E-state index contributed by atoms with van der Waals surface area (Å²) in [6.07, 6.45) is -10.9. The first kappa shape index (κ1) is 19.7. The fraction of sp³-hybridized carbons (Fsp3) is 0.143. The van der Waals surface area contributed by atoms with Gasteiger partial charge in [-0.3, -0.25) is 0 Å². The third kappa shape index (κ3) is 3.63. The van der Waals surface area contributed by atoms with Crippen molar-refractivity contribution in [2.75, 3.05) is 5.73 Å². The third-order valence-electron chi connectivity index (χ3n) is 3.03. The van der Waals surface area contributed by atoms with E-state index in [0.717, 1.165) is 0 Å². The molecule has 26 heavy (non-hydrogen) atoms. The lowest BCUT2D eigenvalue weighted by molar-refractivity contribution is -0.144. The fourth-order valence-electron chi connectivity index (χ4n) is 1.85. The van der Waals surface area contributed by atoms with Crippen LogP contribution in [0.4, 0.5) is 49.6 Å². The lowest BCUT2D eigenvalue weighted by Crippen LogP contribution is -2.14. The van der Waals surface area contributed by atoms with E-state index in [4.69, 9.17) is 5.73 Å². The fourth-order valence-corrected chi connectivity index (χ4v) is 1.85. The Hall–Kier alpha value is -2.66. The lowest BCUT2D eigenvalue weighted by Gasteiger charge is -2.18. The molecule has 142 valence electrons. The van der Waals surface area contributed by atoms with Crippen molar-refractivity contribution in [3.05, 3.63) is 52.6 Å². The van der Waals surface area contributed by atoms with Crippen LogP contribution < -0.4 is 10.5 Å². The van der Waals surface area contributed by atoms with Crippen LogP contribution in [0.2, 0.25) is 0 Å². The predicted octanol–water partition coefficient (Wildman–Crippen LogP) is 5.66. The Morgan fingerprint density at radius 1 is 0.731 bits per heavy atom. The molecule has 0 unspecified atom stereocenters. The van der Waals surface area contributed by atoms with E-state index < -0.39 is 70.0 Å². The zero-order chi connectivity index (χ0) is 20.0. The van der Waals surface area contributed by atoms with Crippen molar-refractivity contribution in [1.82, 2.24) is 0 Å². The molecule has 0 amide bonds. The van der Waals surface area contributed by atoms with Crippen LogP contribution in [0.1, 0.15) is 11.1 Å². The second kappa shape index (κ2) is 6.25. The maximum Gasteiger partial charge on any atom is 0.420 e. The summed E-state index contributed by atoms with van der Waals surface area (Å²) in [5.41, 5.74) is -0.352. The van der Waals surface area contributed by atoms with Crippen LogP contribution >= 0.6 is 0 Å². The quantitative estimate of drug-likeness (QED) is 0.406. The van der Waals surface area contributed by atoms with Gasteiger partial charge in [0.15, 0.2) is 29.0 Å². The minimum atomic E-state index is -5.54. The molecule has 0 bridgehead atoms. The van der Waals surface area contributed by atoms with Crippen LogP contribution in [0, 0.1) is 23.3 Å². The normalized spacial score (nSPS) is 12.4. The Balaban J connectivity index is 2.68. The van der Waals surface area contributed by atoms with Gasteiger partial charge in [-0.25, -0.2) is 13.2 Å². The number of nitrogen functional groups attached to an aromatic ring is 1. The summed E-state index contributed by atoms with van der Waals surface area (Å²) in [5, 5.41) is 0. The first-order chi connectivity index (χ1) is 11.7. The molecule has 0 aliphatic heterocycles. The average molecular weight is 393 g/mol.